The van der Waals surface area contributed by atoms with Crippen LogP contribution < -0.4 is 10.2 Å². The molecule has 1 N–H and O–H groups in total. The van der Waals surface area contributed by atoms with Crippen LogP contribution in [0.1, 0.15) is 43.0 Å². The fourth-order valence-corrected chi connectivity index (χ4v) is 3.52. The molecular formula is C19H30Cl2N6O. The van der Waals surface area contributed by atoms with Crippen molar-refractivity contribution in [3.8, 4) is 0 Å². The molecule has 0 spiro atoms. The summed E-state index contributed by atoms with van der Waals surface area (Å²) >= 11 is 0. The summed E-state index contributed by atoms with van der Waals surface area (Å²) in [5.74, 6) is 1.80. The Morgan fingerprint density at radius 1 is 1.32 bits per heavy atom. The van der Waals surface area contributed by atoms with Crippen molar-refractivity contribution in [3.05, 3.63) is 42.1 Å². The third kappa shape index (κ3) is 4.96. The van der Waals surface area contributed by atoms with Gasteiger partial charge in [-0.25, -0.2) is 9.97 Å². The first-order chi connectivity index (χ1) is 12.5. The summed E-state index contributed by atoms with van der Waals surface area (Å²) in [6.07, 6.45) is 5.38. The highest BCUT2D eigenvalue weighted by Gasteiger charge is 2.31. The van der Waals surface area contributed by atoms with E-state index in [0.717, 1.165) is 24.7 Å². The first-order valence-electron chi connectivity index (χ1n) is 9.24. The predicted molar refractivity (Wildman–Crippen MR) is 117 cm³/mol. The lowest BCUT2D eigenvalue weighted by Gasteiger charge is -2.35. The minimum Gasteiger partial charge on any atom is -0.354 e. The molecule has 1 unspecified atom stereocenters. The van der Waals surface area contributed by atoms with Crippen LogP contribution in [0.15, 0.2) is 30.7 Å². The van der Waals surface area contributed by atoms with E-state index in [0.29, 0.717) is 24.7 Å². The second kappa shape index (κ2) is 10.6. The minimum atomic E-state index is -0.0706. The monoisotopic (exact) mass is 428 g/mol. The molecule has 9 heteroatoms. The molecule has 1 aliphatic rings. The van der Waals surface area contributed by atoms with E-state index in [2.05, 4.69) is 41.0 Å². The third-order valence-corrected chi connectivity index (χ3v) is 4.91. The van der Waals surface area contributed by atoms with Gasteiger partial charge in [-0.3, -0.25) is 4.79 Å². The molecule has 1 aliphatic heterocycles. The summed E-state index contributed by atoms with van der Waals surface area (Å²) in [6, 6.07) is 4.12. The SMILES string of the molecule is CCN(c1ccc(C(=O)N2CCNCC2c2nccn2C)cn1)C(C)C.Cl.Cl. The quantitative estimate of drug-likeness (QED) is 0.792. The molecule has 1 saturated heterocycles. The van der Waals surface area contributed by atoms with Gasteiger partial charge in [-0.15, -0.1) is 24.8 Å². The van der Waals surface area contributed by atoms with Crippen molar-refractivity contribution in [1.82, 2.24) is 24.8 Å². The van der Waals surface area contributed by atoms with Crippen LogP contribution >= 0.6 is 24.8 Å². The predicted octanol–water partition coefficient (Wildman–Crippen LogP) is 2.68. The lowest BCUT2D eigenvalue weighted by atomic mass is 10.1. The number of anilines is 1. The molecule has 28 heavy (non-hydrogen) atoms. The maximum absolute atomic E-state index is 13.1. The van der Waals surface area contributed by atoms with Crippen molar-refractivity contribution in [2.45, 2.75) is 32.9 Å². The summed E-state index contributed by atoms with van der Waals surface area (Å²) in [7, 11) is 1.96. The lowest BCUT2D eigenvalue weighted by molar-refractivity contribution is 0.0620. The van der Waals surface area contributed by atoms with E-state index < -0.39 is 0 Å². The van der Waals surface area contributed by atoms with Gasteiger partial charge in [0.15, 0.2) is 0 Å². The fraction of sp³-hybridized carbons (Fsp3) is 0.526. The van der Waals surface area contributed by atoms with Gasteiger partial charge in [-0.05, 0) is 32.9 Å². The number of hydrogen-bond donors (Lipinski definition) is 1. The number of imidazole rings is 1. The zero-order valence-electron chi connectivity index (χ0n) is 16.8. The maximum atomic E-state index is 13.1. The molecule has 0 aliphatic carbocycles. The molecule has 7 nitrogen and oxygen atoms in total. The number of aromatic nitrogens is 3. The minimum absolute atomic E-state index is 0. The Labute approximate surface area is 179 Å². The van der Waals surface area contributed by atoms with Crippen molar-refractivity contribution in [3.63, 3.8) is 0 Å². The maximum Gasteiger partial charge on any atom is 0.256 e. The van der Waals surface area contributed by atoms with Gasteiger partial charge in [0.25, 0.3) is 5.91 Å². The first kappa shape index (κ1) is 24.2. The van der Waals surface area contributed by atoms with E-state index in [1.165, 1.54) is 0 Å². The van der Waals surface area contributed by atoms with Gasteiger partial charge in [0.05, 0.1) is 5.56 Å². The van der Waals surface area contributed by atoms with E-state index in [9.17, 15) is 4.79 Å². The van der Waals surface area contributed by atoms with Crippen LogP contribution in [0.3, 0.4) is 0 Å². The van der Waals surface area contributed by atoms with Crippen LogP contribution in [-0.4, -0.2) is 57.6 Å². The van der Waals surface area contributed by atoms with Crippen LogP contribution in [0.5, 0.6) is 0 Å². The molecule has 3 rings (SSSR count). The first-order valence-corrected chi connectivity index (χ1v) is 9.24. The normalized spacial score (nSPS) is 16.3. The summed E-state index contributed by atoms with van der Waals surface area (Å²) in [5.41, 5.74) is 0.620. The average Bonchev–Trinajstić information content (AvgIpc) is 3.08. The van der Waals surface area contributed by atoms with Crippen molar-refractivity contribution < 1.29 is 4.79 Å². The van der Waals surface area contributed by atoms with E-state index in [4.69, 9.17) is 0 Å². The molecule has 1 atom stereocenters. The highest BCUT2D eigenvalue weighted by Crippen LogP contribution is 2.23. The summed E-state index contributed by atoms with van der Waals surface area (Å²) in [5, 5.41) is 3.36. The Hall–Kier alpha value is -1.83. The number of pyridine rings is 1. The number of carbonyl (C=O) groups excluding carboxylic acids is 1. The number of amides is 1. The van der Waals surface area contributed by atoms with Gasteiger partial charge < -0.3 is 19.7 Å². The lowest BCUT2D eigenvalue weighted by Crippen LogP contribution is -2.49. The molecule has 0 aromatic carbocycles. The van der Waals surface area contributed by atoms with Crippen LogP contribution in [-0.2, 0) is 7.05 Å². The number of rotatable bonds is 5. The van der Waals surface area contributed by atoms with E-state index in [-0.39, 0.29) is 36.8 Å². The second-order valence-electron chi connectivity index (χ2n) is 6.90. The molecule has 0 saturated carbocycles. The molecular weight excluding hydrogens is 399 g/mol. The van der Waals surface area contributed by atoms with Crippen LogP contribution in [0, 0.1) is 0 Å². The summed E-state index contributed by atoms with van der Waals surface area (Å²) in [4.78, 5) is 26.2. The highest BCUT2D eigenvalue weighted by molar-refractivity contribution is 5.94. The molecule has 156 valence electrons. The molecule has 0 bridgehead atoms. The van der Waals surface area contributed by atoms with Crippen molar-refractivity contribution >= 4 is 36.5 Å². The Kier molecular flexibility index (Phi) is 9.20. The number of piperazine rings is 1. The smallest absolute Gasteiger partial charge is 0.256 e. The van der Waals surface area contributed by atoms with E-state index in [1.807, 2.05) is 34.8 Å². The Bertz CT molecular complexity index is 749. The van der Waals surface area contributed by atoms with Gasteiger partial charge >= 0.3 is 0 Å². The number of nitrogens with zero attached hydrogens (tertiary/aromatic N) is 5. The molecule has 2 aromatic heterocycles. The summed E-state index contributed by atoms with van der Waals surface area (Å²) in [6.45, 7) is 9.43. The largest absolute Gasteiger partial charge is 0.354 e. The van der Waals surface area contributed by atoms with Gasteiger partial charge in [0, 0.05) is 57.9 Å². The number of aryl methyl sites for hydroxylation is 1. The molecule has 3 heterocycles. The molecule has 0 radical (unpaired) electrons. The van der Waals surface area contributed by atoms with E-state index >= 15 is 0 Å². The van der Waals surface area contributed by atoms with Crippen molar-refractivity contribution in [1.29, 1.82) is 0 Å². The van der Waals surface area contributed by atoms with Gasteiger partial charge in [-0.2, -0.15) is 0 Å². The fourth-order valence-electron chi connectivity index (χ4n) is 3.52. The van der Waals surface area contributed by atoms with Crippen molar-refractivity contribution in [2.24, 2.45) is 7.05 Å². The molecule has 1 fully saturated rings. The molecule has 2 aromatic rings. The van der Waals surface area contributed by atoms with Gasteiger partial charge in [-0.1, -0.05) is 0 Å². The Balaban J connectivity index is 0.00000196. The van der Waals surface area contributed by atoms with Gasteiger partial charge in [0.2, 0.25) is 0 Å². The topological polar surface area (TPSA) is 66.3 Å². The number of hydrogen-bond acceptors (Lipinski definition) is 5. The highest BCUT2D eigenvalue weighted by atomic mass is 35.5. The Morgan fingerprint density at radius 3 is 2.61 bits per heavy atom. The van der Waals surface area contributed by atoms with Crippen LogP contribution in [0.25, 0.3) is 0 Å². The van der Waals surface area contributed by atoms with E-state index in [1.54, 1.807) is 12.4 Å². The number of halogens is 2. The zero-order chi connectivity index (χ0) is 18.7. The standard InChI is InChI=1S/C19H28N6O.2ClH/c1-5-24(14(2)3)17-7-6-15(12-22-17)19(26)25-11-8-20-13-16(25)18-21-9-10-23(18)4;;/h6-7,9-10,12,14,16,20H,5,8,11,13H2,1-4H3;2*1H. The Morgan fingerprint density at radius 2 is 2.07 bits per heavy atom. The number of nitrogens with one attached hydrogen (secondary N) is 1. The van der Waals surface area contributed by atoms with Gasteiger partial charge in [0.1, 0.15) is 17.7 Å². The molecule has 1 amide bonds. The second-order valence-corrected chi connectivity index (χ2v) is 6.90. The number of carbonyl (C=O) groups is 1. The third-order valence-electron chi connectivity index (χ3n) is 4.91. The van der Waals surface area contributed by atoms with Crippen LogP contribution in [0.4, 0.5) is 5.82 Å². The average molecular weight is 429 g/mol. The van der Waals surface area contributed by atoms with Crippen LogP contribution in [0.2, 0.25) is 0 Å². The zero-order valence-corrected chi connectivity index (χ0v) is 18.5. The summed E-state index contributed by atoms with van der Waals surface area (Å²) < 4.78 is 1.97. The van der Waals surface area contributed by atoms with Crippen molar-refractivity contribution in [2.75, 3.05) is 31.1 Å².